The second-order valence-corrected chi connectivity index (χ2v) is 9.07. The molecular formula is C25H26N2O6. The molecule has 3 aliphatic rings. The number of amides is 2. The van der Waals surface area contributed by atoms with E-state index in [2.05, 4.69) is 29.6 Å². The third-order valence-electron chi connectivity index (χ3n) is 7.00. The molecule has 0 radical (unpaired) electrons. The number of alkyl carbamates (subject to hydrolysis) is 1. The van der Waals surface area contributed by atoms with Gasteiger partial charge in [-0.25, -0.2) is 9.59 Å². The first kappa shape index (κ1) is 21.5. The maximum Gasteiger partial charge on any atom is 0.407 e. The van der Waals surface area contributed by atoms with Crippen molar-refractivity contribution in [3.8, 4) is 11.1 Å². The van der Waals surface area contributed by atoms with E-state index in [9.17, 15) is 24.6 Å². The highest BCUT2D eigenvalue weighted by Gasteiger charge is 2.45. The lowest BCUT2D eigenvalue weighted by atomic mass is 9.79. The lowest BCUT2D eigenvalue weighted by molar-refractivity contribution is -0.151. The number of hydrogen-bond acceptors (Lipinski definition) is 5. The average Bonchev–Trinajstić information content (AvgIpc) is 3.32. The Morgan fingerprint density at radius 3 is 2.18 bits per heavy atom. The number of benzene rings is 2. The number of carboxylic acids is 1. The van der Waals surface area contributed by atoms with Crippen molar-refractivity contribution in [1.29, 1.82) is 0 Å². The Labute approximate surface area is 191 Å². The van der Waals surface area contributed by atoms with Gasteiger partial charge in [-0.05, 0) is 35.1 Å². The number of nitrogens with zero attached hydrogens (tertiary/aromatic N) is 1. The van der Waals surface area contributed by atoms with Gasteiger partial charge >= 0.3 is 12.1 Å². The van der Waals surface area contributed by atoms with Crippen LogP contribution < -0.4 is 5.32 Å². The molecule has 0 bridgehead atoms. The molecule has 1 saturated carbocycles. The summed E-state index contributed by atoms with van der Waals surface area (Å²) in [6.45, 7) is 0.262. The molecule has 2 amide bonds. The highest BCUT2D eigenvalue weighted by Crippen LogP contribution is 2.44. The van der Waals surface area contributed by atoms with Crippen molar-refractivity contribution in [2.24, 2.45) is 5.92 Å². The van der Waals surface area contributed by atoms with Gasteiger partial charge in [-0.3, -0.25) is 4.79 Å². The van der Waals surface area contributed by atoms with Crippen molar-refractivity contribution >= 4 is 18.0 Å². The van der Waals surface area contributed by atoms with Crippen LogP contribution in [0.3, 0.4) is 0 Å². The maximum absolute atomic E-state index is 12.7. The summed E-state index contributed by atoms with van der Waals surface area (Å²) in [6, 6.07) is 15.1. The van der Waals surface area contributed by atoms with Gasteiger partial charge in [-0.15, -0.1) is 0 Å². The summed E-state index contributed by atoms with van der Waals surface area (Å²) in [5.74, 6) is -1.75. The van der Waals surface area contributed by atoms with Gasteiger partial charge in [0.05, 0.1) is 6.10 Å². The number of likely N-dealkylation sites (tertiary alicyclic amines) is 1. The summed E-state index contributed by atoms with van der Waals surface area (Å²) in [4.78, 5) is 37.7. The van der Waals surface area contributed by atoms with E-state index < -0.39 is 24.2 Å². The van der Waals surface area contributed by atoms with Crippen LogP contribution in [0.1, 0.15) is 36.3 Å². The Morgan fingerprint density at radius 1 is 0.970 bits per heavy atom. The fourth-order valence-electron chi connectivity index (χ4n) is 5.27. The minimum atomic E-state index is -1.10. The van der Waals surface area contributed by atoms with Crippen LogP contribution in [-0.2, 0) is 14.3 Å². The number of rotatable bonds is 5. The van der Waals surface area contributed by atoms with Crippen LogP contribution in [0.5, 0.6) is 0 Å². The zero-order chi connectivity index (χ0) is 23.1. The average molecular weight is 450 g/mol. The number of carbonyl (C=O) groups is 3. The molecule has 5 rings (SSSR count). The number of aliphatic carboxylic acids is 1. The van der Waals surface area contributed by atoms with Crippen molar-refractivity contribution in [2.45, 2.75) is 43.4 Å². The summed E-state index contributed by atoms with van der Waals surface area (Å²) in [5, 5.41) is 21.8. The van der Waals surface area contributed by atoms with Gasteiger partial charge in [0.1, 0.15) is 12.6 Å². The number of carbonyl (C=O) groups excluding carboxylic acids is 2. The van der Waals surface area contributed by atoms with Gasteiger partial charge in [0, 0.05) is 30.8 Å². The first-order chi connectivity index (χ1) is 15.9. The molecule has 8 heteroatoms. The Hall–Kier alpha value is -3.39. The number of nitrogens with one attached hydrogen (secondary N) is 1. The molecule has 8 nitrogen and oxygen atoms in total. The molecule has 1 aliphatic heterocycles. The summed E-state index contributed by atoms with van der Waals surface area (Å²) >= 11 is 0. The van der Waals surface area contributed by atoms with Crippen LogP contribution in [0, 0.1) is 5.92 Å². The van der Waals surface area contributed by atoms with Gasteiger partial charge < -0.3 is 25.2 Å². The summed E-state index contributed by atoms with van der Waals surface area (Å²) in [6.07, 6.45) is -0.420. The van der Waals surface area contributed by atoms with Crippen molar-refractivity contribution in [3.63, 3.8) is 0 Å². The Bertz CT molecular complexity index is 1050. The van der Waals surface area contributed by atoms with E-state index in [0.717, 1.165) is 22.3 Å². The zero-order valence-corrected chi connectivity index (χ0v) is 18.0. The standard InChI is InChI=1S/C25H26N2O6/c28-16-11-22(24(30)31)27(12-16)23(29)14-9-15(10-14)26-25(32)33-13-21-19-7-3-1-5-17(19)18-6-2-4-8-20(18)21/h1-8,14-16,21-22,28H,9-13H2,(H,26,32)(H,30,31)/t14?,15?,16-,22-/m1/s1. The molecule has 2 fully saturated rings. The molecule has 2 aromatic rings. The lowest BCUT2D eigenvalue weighted by Gasteiger charge is -2.37. The summed E-state index contributed by atoms with van der Waals surface area (Å²) in [7, 11) is 0. The quantitative estimate of drug-likeness (QED) is 0.644. The molecule has 2 atom stereocenters. The van der Waals surface area contributed by atoms with E-state index in [1.54, 1.807) is 0 Å². The molecule has 0 unspecified atom stereocenters. The number of fused-ring (bicyclic) bond motifs is 3. The van der Waals surface area contributed by atoms with Gasteiger partial charge in [0.25, 0.3) is 0 Å². The number of ether oxygens (including phenoxy) is 1. The molecule has 0 aromatic heterocycles. The molecule has 2 aromatic carbocycles. The third kappa shape index (κ3) is 3.95. The van der Waals surface area contributed by atoms with Crippen molar-refractivity contribution < 1.29 is 29.3 Å². The van der Waals surface area contributed by atoms with Gasteiger partial charge in [-0.2, -0.15) is 0 Å². The number of β-amino-alcohol motifs (C(OH)–C–C–N with tert-alkyl or cyclic N) is 1. The Morgan fingerprint density at radius 2 is 1.58 bits per heavy atom. The summed E-state index contributed by atoms with van der Waals surface area (Å²) in [5.41, 5.74) is 4.60. The number of aliphatic hydroxyl groups excluding tert-OH is 1. The predicted octanol–water partition coefficient (Wildman–Crippen LogP) is 2.35. The van der Waals surface area contributed by atoms with Gasteiger partial charge in [0.2, 0.25) is 5.91 Å². The Kier molecular flexibility index (Phi) is 5.54. The van der Waals surface area contributed by atoms with Crippen LogP contribution in [-0.4, -0.2) is 64.4 Å². The lowest BCUT2D eigenvalue weighted by Crippen LogP contribution is -2.52. The second-order valence-electron chi connectivity index (χ2n) is 9.07. The fraction of sp³-hybridized carbons (Fsp3) is 0.400. The van der Waals surface area contributed by atoms with E-state index in [-0.39, 0.29) is 43.4 Å². The molecule has 0 spiro atoms. The summed E-state index contributed by atoms with van der Waals surface area (Å²) < 4.78 is 5.55. The van der Waals surface area contributed by atoms with Crippen molar-refractivity contribution in [3.05, 3.63) is 59.7 Å². The van der Waals surface area contributed by atoms with E-state index in [0.29, 0.717) is 12.8 Å². The van der Waals surface area contributed by atoms with Crippen LogP contribution >= 0.6 is 0 Å². The molecular weight excluding hydrogens is 424 g/mol. The molecule has 1 saturated heterocycles. The SMILES string of the molecule is O=C(NC1CC(C(=O)N2C[C@H](O)C[C@@H]2C(=O)O)C1)OCC1c2ccccc2-c2ccccc21. The van der Waals surface area contributed by atoms with Crippen molar-refractivity contribution in [2.75, 3.05) is 13.2 Å². The third-order valence-corrected chi connectivity index (χ3v) is 7.00. The van der Waals surface area contributed by atoms with Crippen LogP contribution in [0.25, 0.3) is 11.1 Å². The molecule has 172 valence electrons. The van der Waals surface area contributed by atoms with E-state index in [1.165, 1.54) is 4.90 Å². The van der Waals surface area contributed by atoms with Crippen molar-refractivity contribution in [1.82, 2.24) is 10.2 Å². The normalized spacial score (nSPS) is 25.7. The van der Waals surface area contributed by atoms with Crippen LogP contribution in [0.4, 0.5) is 4.79 Å². The highest BCUT2D eigenvalue weighted by molar-refractivity contribution is 5.86. The Balaban J connectivity index is 1.13. The van der Waals surface area contributed by atoms with Gasteiger partial charge in [0.15, 0.2) is 0 Å². The van der Waals surface area contributed by atoms with E-state index in [1.807, 2.05) is 24.3 Å². The maximum atomic E-state index is 12.7. The molecule has 2 aliphatic carbocycles. The van der Waals surface area contributed by atoms with E-state index in [4.69, 9.17) is 4.74 Å². The van der Waals surface area contributed by atoms with Crippen LogP contribution in [0.2, 0.25) is 0 Å². The van der Waals surface area contributed by atoms with Crippen LogP contribution in [0.15, 0.2) is 48.5 Å². The highest BCUT2D eigenvalue weighted by atomic mass is 16.5. The predicted molar refractivity (Wildman–Crippen MR) is 118 cm³/mol. The monoisotopic (exact) mass is 450 g/mol. The largest absolute Gasteiger partial charge is 0.480 e. The fourth-order valence-corrected chi connectivity index (χ4v) is 5.27. The number of aliphatic hydroxyl groups is 1. The molecule has 3 N–H and O–H groups in total. The topological polar surface area (TPSA) is 116 Å². The first-order valence-electron chi connectivity index (χ1n) is 11.2. The number of carboxylic acid groups (broad SMARTS) is 1. The van der Waals surface area contributed by atoms with Gasteiger partial charge in [-0.1, -0.05) is 48.5 Å². The molecule has 1 heterocycles. The minimum absolute atomic E-state index is 0.0200. The second kappa shape index (κ2) is 8.51. The number of hydrogen-bond donors (Lipinski definition) is 3. The minimum Gasteiger partial charge on any atom is -0.480 e. The zero-order valence-electron chi connectivity index (χ0n) is 18.0. The van der Waals surface area contributed by atoms with E-state index >= 15 is 0 Å². The first-order valence-corrected chi connectivity index (χ1v) is 11.2. The smallest absolute Gasteiger partial charge is 0.407 e. The molecule has 33 heavy (non-hydrogen) atoms.